The third-order valence-corrected chi connectivity index (χ3v) is 5.05. The van der Waals surface area contributed by atoms with Gasteiger partial charge in [0.05, 0.1) is 23.5 Å². The Hall–Kier alpha value is -2.99. The van der Waals surface area contributed by atoms with E-state index in [1.54, 1.807) is 6.07 Å². The van der Waals surface area contributed by atoms with Gasteiger partial charge in [-0.3, -0.25) is 9.59 Å². The van der Waals surface area contributed by atoms with Crippen LogP contribution in [-0.2, 0) is 11.3 Å². The van der Waals surface area contributed by atoms with Crippen LogP contribution in [0.25, 0.3) is 10.9 Å². The molecule has 0 saturated carbocycles. The molecular weight excluding hydrogens is 364 g/mol. The van der Waals surface area contributed by atoms with E-state index in [1.807, 2.05) is 55.5 Å². The van der Waals surface area contributed by atoms with Crippen LogP contribution >= 0.6 is 0 Å². The third kappa shape index (κ3) is 5.74. The Kier molecular flexibility index (Phi) is 7.14. The number of aromatic nitrogens is 2. The summed E-state index contributed by atoms with van der Waals surface area (Å²) in [5, 5.41) is 3.66. The summed E-state index contributed by atoms with van der Waals surface area (Å²) in [5.41, 5.74) is 1.63. The topological polar surface area (TPSA) is 79.3 Å². The molecule has 1 amide bonds. The van der Waals surface area contributed by atoms with Gasteiger partial charge >= 0.3 is 0 Å². The van der Waals surface area contributed by atoms with Crippen LogP contribution in [0, 0.1) is 0 Å². The monoisotopic (exact) mass is 393 g/mol. The lowest BCUT2D eigenvalue weighted by atomic mass is 10.1. The fraction of sp³-hybridized carbons (Fsp3) is 0.348. The zero-order chi connectivity index (χ0) is 20.6. The first-order valence-corrected chi connectivity index (χ1v) is 10.2. The van der Waals surface area contributed by atoms with E-state index in [1.165, 1.54) is 0 Å². The van der Waals surface area contributed by atoms with Gasteiger partial charge in [0, 0.05) is 0 Å². The molecule has 6 nitrogen and oxygen atoms in total. The van der Waals surface area contributed by atoms with Gasteiger partial charge in [0.2, 0.25) is 0 Å². The first-order valence-electron chi connectivity index (χ1n) is 10.2. The number of unbranched alkanes of at least 4 members (excludes halogenated alkanes) is 1. The number of hydrogen-bond acceptors (Lipinski definition) is 3. The molecule has 2 atom stereocenters. The van der Waals surface area contributed by atoms with Crippen molar-refractivity contribution in [3.63, 3.8) is 0 Å². The number of H-pyrrole nitrogens is 1. The molecule has 1 heterocycles. The highest BCUT2D eigenvalue weighted by molar-refractivity contribution is 5.77. The van der Waals surface area contributed by atoms with E-state index in [0.29, 0.717) is 29.8 Å². The molecule has 0 radical (unpaired) electrons. The van der Waals surface area contributed by atoms with Crippen molar-refractivity contribution in [2.24, 2.45) is 0 Å². The number of carbonyl (C=O) groups excluding carboxylic acids is 1. The second-order valence-electron chi connectivity index (χ2n) is 7.44. The summed E-state index contributed by atoms with van der Waals surface area (Å²) in [7, 11) is 0. The molecule has 29 heavy (non-hydrogen) atoms. The fourth-order valence-corrected chi connectivity index (χ4v) is 3.47. The number of benzene rings is 2. The lowest BCUT2D eigenvalue weighted by Gasteiger charge is -2.20. The van der Waals surface area contributed by atoms with E-state index >= 15 is 0 Å². The van der Waals surface area contributed by atoms with Crippen molar-refractivity contribution in [1.82, 2.24) is 15.3 Å². The molecule has 6 heteroatoms. The van der Waals surface area contributed by atoms with Crippen LogP contribution in [0.15, 0.2) is 59.4 Å². The van der Waals surface area contributed by atoms with Gasteiger partial charge in [-0.05, 0) is 31.0 Å². The summed E-state index contributed by atoms with van der Waals surface area (Å²) < 4.78 is 0. The van der Waals surface area contributed by atoms with Gasteiger partial charge in [0.15, 0.2) is 12.4 Å². The van der Waals surface area contributed by atoms with E-state index in [9.17, 15) is 9.59 Å². The standard InChI is InChI=1S/C23H28N4O2/c1-3-4-14-27(16-22(28)24-17(2)18-10-6-5-7-11-18)15-21-25-20-13-9-8-12-19(20)23(29)26-21/h5-13,17H,3-4,14-16H2,1-2H3,(H,24,28)(H,25,26,29)/p+1/t17-/m1/s1. The normalized spacial score (nSPS) is 13.2. The molecule has 2 aromatic carbocycles. The van der Waals surface area contributed by atoms with Gasteiger partial charge in [0.25, 0.3) is 11.5 Å². The highest BCUT2D eigenvalue weighted by atomic mass is 16.2. The van der Waals surface area contributed by atoms with Crippen LogP contribution in [0.1, 0.15) is 44.1 Å². The number of rotatable bonds is 9. The highest BCUT2D eigenvalue weighted by Gasteiger charge is 2.18. The summed E-state index contributed by atoms with van der Waals surface area (Å²) in [4.78, 5) is 33.5. The highest BCUT2D eigenvalue weighted by Crippen LogP contribution is 2.10. The molecule has 0 aliphatic carbocycles. The quantitative estimate of drug-likeness (QED) is 0.520. The summed E-state index contributed by atoms with van der Waals surface area (Å²) in [6.45, 7) is 5.81. The first-order chi connectivity index (χ1) is 14.1. The molecule has 0 spiro atoms. The largest absolute Gasteiger partial charge is 0.345 e. The van der Waals surface area contributed by atoms with Crippen molar-refractivity contribution < 1.29 is 9.69 Å². The minimum absolute atomic E-state index is 0.00408. The number of aromatic amines is 1. The zero-order valence-electron chi connectivity index (χ0n) is 17.1. The Labute approximate surface area is 171 Å². The van der Waals surface area contributed by atoms with Gasteiger partial charge in [-0.1, -0.05) is 55.8 Å². The first kappa shape index (κ1) is 20.7. The van der Waals surface area contributed by atoms with Crippen molar-refractivity contribution in [2.75, 3.05) is 13.1 Å². The average molecular weight is 394 g/mol. The molecule has 0 aliphatic heterocycles. The fourth-order valence-electron chi connectivity index (χ4n) is 3.47. The van der Waals surface area contributed by atoms with Gasteiger partial charge < -0.3 is 15.2 Å². The third-order valence-electron chi connectivity index (χ3n) is 5.05. The van der Waals surface area contributed by atoms with Crippen molar-refractivity contribution in [2.45, 2.75) is 39.3 Å². The Morgan fingerprint density at radius 3 is 2.62 bits per heavy atom. The van der Waals surface area contributed by atoms with Crippen LogP contribution in [0.4, 0.5) is 0 Å². The number of quaternary nitrogens is 1. The maximum absolute atomic E-state index is 12.6. The van der Waals surface area contributed by atoms with Gasteiger partial charge in [-0.25, -0.2) is 4.98 Å². The number of nitrogens with one attached hydrogen (secondary N) is 3. The molecule has 152 valence electrons. The number of hydrogen-bond donors (Lipinski definition) is 3. The second kappa shape index (κ2) is 9.98. The van der Waals surface area contributed by atoms with Crippen molar-refractivity contribution in [1.29, 1.82) is 0 Å². The lowest BCUT2D eigenvalue weighted by molar-refractivity contribution is -0.906. The van der Waals surface area contributed by atoms with E-state index < -0.39 is 0 Å². The molecule has 1 unspecified atom stereocenters. The van der Waals surface area contributed by atoms with E-state index in [-0.39, 0.29) is 17.5 Å². The predicted molar refractivity (Wildman–Crippen MR) is 115 cm³/mol. The Morgan fingerprint density at radius 1 is 1.14 bits per heavy atom. The molecule has 3 rings (SSSR count). The van der Waals surface area contributed by atoms with Crippen LogP contribution in [-0.4, -0.2) is 29.0 Å². The van der Waals surface area contributed by atoms with Crippen LogP contribution in [0.2, 0.25) is 0 Å². The summed E-state index contributed by atoms with van der Waals surface area (Å²) in [6.07, 6.45) is 2.06. The zero-order valence-corrected chi connectivity index (χ0v) is 17.1. The van der Waals surface area contributed by atoms with E-state index in [4.69, 9.17) is 0 Å². The SMILES string of the molecule is CCCC[NH+](CC(=O)N[C@H](C)c1ccccc1)Cc1nc2ccccc2c(=O)[nH]1. The van der Waals surface area contributed by atoms with Gasteiger partial charge in [-0.15, -0.1) is 0 Å². The number of carbonyl (C=O) groups is 1. The van der Waals surface area contributed by atoms with Crippen LogP contribution in [0.3, 0.4) is 0 Å². The summed E-state index contributed by atoms with van der Waals surface area (Å²) in [6, 6.07) is 17.2. The lowest BCUT2D eigenvalue weighted by Crippen LogP contribution is -3.12. The molecule has 3 N–H and O–H groups in total. The van der Waals surface area contributed by atoms with Gasteiger partial charge in [0.1, 0.15) is 6.54 Å². The Balaban J connectivity index is 1.69. The van der Waals surface area contributed by atoms with Crippen LogP contribution in [0.5, 0.6) is 0 Å². The maximum Gasteiger partial charge on any atom is 0.275 e. The molecule has 0 fully saturated rings. The molecule has 0 bridgehead atoms. The number of para-hydroxylation sites is 1. The maximum atomic E-state index is 12.6. The predicted octanol–water partition coefficient (Wildman–Crippen LogP) is 1.99. The van der Waals surface area contributed by atoms with E-state index in [0.717, 1.165) is 29.8 Å². The minimum Gasteiger partial charge on any atom is -0.345 e. The minimum atomic E-state index is -0.136. The number of nitrogens with zero attached hydrogens (tertiary/aromatic N) is 1. The smallest absolute Gasteiger partial charge is 0.275 e. The Morgan fingerprint density at radius 2 is 1.86 bits per heavy atom. The molecule has 1 aromatic heterocycles. The van der Waals surface area contributed by atoms with Crippen molar-refractivity contribution in [3.8, 4) is 0 Å². The van der Waals surface area contributed by atoms with Gasteiger partial charge in [-0.2, -0.15) is 0 Å². The Bertz CT molecular complexity index is 1000. The second-order valence-corrected chi connectivity index (χ2v) is 7.44. The number of amides is 1. The number of fused-ring (bicyclic) bond motifs is 1. The van der Waals surface area contributed by atoms with Crippen molar-refractivity contribution >= 4 is 16.8 Å². The summed E-state index contributed by atoms with van der Waals surface area (Å²) >= 11 is 0. The summed E-state index contributed by atoms with van der Waals surface area (Å²) in [5.74, 6) is 0.610. The van der Waals surface area contributed by atoms with Crippen LogP contribution < -0.4 is 15.8 Å². The average Bonchev–Trinajstić information content (AvgIpc) is 2.72. The van der Waals surface area contributed by atoms with Crippen molar-refractivity contribution in [3.05, 3.63) is 76.3 Å². The molecular formula is C23H29N4O2+. The molecule has 0 saturated heterocycles. The molecule has 3 aromatic rings. The van der Waals surface area contributed by atoms with E-state index in [2.05, 4.69) is 22.2 Å². The molecule has 0 aliphatic rings.